The third-order valence-electron chi connectivity index (χ3n) is 3.77. The van der Waals surface area contributed by atoms with Crippen LogP contribution in [-0.4, -0.2) is 64.3 Å². The number of carboxylic acids is 1. The molecule has 0 aliphatic heterocycles. The summed E-state index contributed by atoms with van der Waals surface area (Å²) in [7, 11) is 1.63. The second kappa shape index (κ2) is 13.2. The molecule has 0 aliphatic carbocycles. The molecule has 0 atom stereocenters. The summed E-state index contributed by atoms with van der Waals surface area (Å²) >= 11 is 3.47. The normalized spacial score (nSPS) is 10.6. The Morgan fingerprint density at radius 2 is 2.00 bits per heavy atom. The minimum atomic E-state index is -5.08. The first-order chi connectivity index (χ1) is 15.4. The van der Waals surface area contributed by atoms with Crippen molar-refractivity contribution in [1.82, 2.24) is 20.3 Å². The maximum Gasteiger partial charge on any atom is 0.490 e. The summed E-state index contributed by atoms with van der Waals surface area (Å²) in [6.45, 7) is 1.54. The van der Waals surface area contributed by atoms with Crippen LogP contribution in [-0.2, 0) is 17.8 Å². The Bertz CT molecular complexity index is 963. The van der Waals surface area contributed by atoms with Gasteiger partial charge in [-0.05, 0) is 46.5 Å². The number of carbonyl (C=O) groups excluding carboxylic acids is 1. The number of aliphatic carboxylic acids is 1. The Hall–Kier alpha value is -3.36. The van der Waals surface area contributed by atoms with Crippen LogP contribution < -0.4 is 21.5 Å². The molecule has 0 bridgehead atoms. The Morgan fingerprint density at radius 1 is 1.33 bits per heavy atom. The molecule has 1 aromatic carbocycles. The first-order valence-electron chi connectivity index (χ1n) is 9.30. The first kappa shape index (κ1) is 27.7. The maximum atomic E-state index is 12.0. The van der Waals surface area contributed by atoms with Crippen molar-refractivity contribution < 1.29 is 32.6 Å². The largest absolute Gasteiger partial charge is 0.496 e. The molecule has 6 N–H and O–H groups in total. The number of aryl methyl sites for hydroxylation is 2. The Balaban J connectivity index is 0.000000675. The van der Waals surface area contributed by atoms with E-state index >= 15 is 0 Å². The van der Waals surface area contributed by atoms with Crippen LogP contribution in [0.3, 0.4) is 0 Å². The molecule has 1 heterocycles. The number of rotatable bonds is 9. The van der Waals surface area contributed by atoms with E-state index in [1.165, 1.54) is 0 Å². The fraction of sp³-hybridized carbons (Fsp3) is 0.389. The van der Waals surface area contributed by atoms with E-state index in [4.69, 9.17) is 26.1 Å². The quantitative estimate of drug-likeness (QED) is 0.210. The molecule has 0 saturated heterocycles. The minimum absolute atomic E-state index is 0.0446. The zero-order chi connectivity index (χ0) is 25.0. The summed E-state index contributed by atoms with van der Waals surface area (Å²) < 4.78 is 39.5. The van der Waals surface area contributed by atoms with Crippen molar-refractivity contribution in [2.75, 3.05) is 20.2 Å². The van der Waals surface area contributed by atoms with Crippen molar-refractivity contribution in [3.05, 3.63) is 40.1 Å². The van der Waals surface area contributed by atoms with Gasteiger partial charge in [-0.1, -0.05) is 11.3 Å². The molecule has 2 aromatic rings. The Labute approximate surface area is 195 Å². The van der Waals surface area contributed by atoms with Gasteiger partial charge in [-0.2, -0.15) is 13.2 Å². The number of nitrogens with two attached hydrogens (primary N) is 2. The molecule has 0 saturated carbocycles. The van der Waals surface area contributed by atoms with E-state index in [-0.39, 0.29) is 17.6 Å². The molecule has 1 amide bonds. The van der Waals surface area contributed by atoms with Crippen molar-refractivity contribution in [1.29, 1.82) is 0 Å². The summed E-state index contributed by atoms with van der Waals surface area (Å²) in [5, 5.41) is 17.8. The van der Waals surface area contributed by atoms with Gasteiger partial charge >= 0.3 is 12.1 Å². The smallest absolute Gasteiger partial charge is 0.490 e. The SMILES string of the molecule is COc1ccc(CCn2cc(C(=O)NCCCN=C(N)N)nn2)cc1Br.O=C(O)C(F)(F)F. The number of carboxylic acid groups (broad SMARTS) is 1. The van der Waals surface area contributed by atoms with Gasteiger partial charge in [0, 0.05) is 19.6 Å². The fourth-order valence-electron chi connectivity index (χ4n) is 2.20. The second-order valence-electron chi connectivity index (χ2n) is 6.30. The predicted octanol–water partition coefficient (Wildman–Crippen LogP) is 1.32. The number of hydrogen-bond acceptors (Lipinski definition) is 6. The van der Waals surface area contributed by atoms with Gasteiger partial charge in [0.25, 0.3) is 5.91 Å². The molecule has 15 heteroatoms. The van der Waals surface area contributed by atoms with Crippen molar-refractivity contribution >= 4 is 33.8 Å². The van der Waals surface area contributed by atoms with Crippen molar-refractivity contribution in [3.63, 3.8) is 0 Å². The van der Waals surface area contributed by atoms with Gasteiger partial charge < -0.3 is 26.6 Å². The molecule has 0 unspecified atom stereocenters. The number of alkyl halides is 3. The number of ether oxygens (including phenoxy) is 1. The lowest BCUT2D eigenvalue weighted by Gasteiger charge is -2.06. The van der Waals surface area contributed by atoms with Crippen LogP contribution in [0.4, 0.5) is 13.2 Å². The number of aliphatic imine (C=N–C) groups is 1. The van der Waals surface area contributed by atoms with E-state index in [9.17, 15) is 18.0 Å². The Morgan fingerprint density at radius 3 is 2.55 bits per heavy atom. The van der Waals surface area contributed by atoms with Gasteiger partial charge in [0.05, 0.1) is 17.8 Å². The highest BCUT2D eigenvalue weighted by molar-refractivity contribution is 9.10. The zero-order valence-corrected chi connectivity index (χ0v) is 19.1. The fourth-order valence-corrected chi connectivity index (χ4v) is 2.79. The van der Waals surface area contributed by atoms with Crippen LogP contribution in [0.25, 0.3) is 0 Å². The van der Waals surface area contributed by atoms with Gasteiger partial charge in [-0.15, -0.1) is 5.10 Å². The first-order valence-corrected chi connectivity index (χ1v) is 10.1. The van der Waals surface area contributed by atoms with E-state index in [0.29, 0.717) is 26.1 Å². The van der Waals surface area contributed by atoms with E-state index in [1.807, 2.05) is 18.2 Å². The van der Waals surface area contributed by atoms with E-state index in [2.05, 4.69) is 36.6 Å². The average Bonchev–Trinajstić information content (AvgIpc) is 3.21. The summed E-state index contributed by atoms with van der Waals surface area (Å²) in [6.07, 6.45) is -2.06. The second-order valence-corrected chi connectivity index (χ2v) is 7.16. The average molecular weight is 538 g/mol. The van der Waals surface area contributed by atoms with E-state index in [1.54, 1.807) is 18.0 Å². The molecular weight excluding hydrogens is 515 g/mol. The lowest BCUT2D eigenvalue weighted by molar-refractivity contribution is -0.192. The Kier molecular flexibility index (Phi) is 11.1. The number of amides is 1. The standard InChI is InChI=1S/C16H22BrN7O2.C2HF3O2/c1-26-14-4-3-11(9-12(14)17)5-8-24-10-13(22-23-24)15(25)20-6-2-7-21-16(18)19;3-2(4,5)1(6)7/h3-4,9-10H,2,5-8H2,1H3,(H,20,25)(H4,18,19,21);(H,6,7). The topological polar surface area (TPSA) is 171 Å². The lowest BCUT2D eigenvalue weighted by Crippen LogP contribution is -2.26. The van der Waals surface area contributed by atoms with Gasteiger partial charge in [0.1, 0.15) is 5.75 Å². The molecule has 33 heavy (non-hydrogen) atoms. The molecule has 0 radical (unpaired) electrons. The zero-order valence-electron chi connectivity index (χ0n) is 17.5. The van der Waals surface area contributed by atoms with E-state index < -0.39 is 12.1 Å². The summed E-state index contributed by atoms with van der Waals surface area (Å²) in [5.74, 6) is -2.20. The molecule has 2 rings (SSSR count). The van der Waals surface area contributed by atoms with Crippen LogP contribution >= 0.6 is 15.9 Å². The number of methoxy groups -OCH3 is 1. The van der Waals surface area contributed by atoms with Crippen molar-refractivity contribution in [2.24, 2.45) is 16.5 Å². The molecule has 0 spiro atoms. The monoisotopic (exact) mass is 537 g/mol. The van der Waals surface area contributed by atoms with Gasteiger partial charge in [-0.3, -0.25) is 14.5 Å². The van der Waals surface area contributed by atoms with Crippen LogP contribution in [0.15, 0.2) is 33.9 Å². The van der Waals surface area contributed by atoms with Gasteiger partial charge in [-0.25, -0.2) is 4.79 Å². The highest BCUT2D eigenvalue weighted by atomic mass is 79.9. The van der Waals surface area contributed by atoms with Crippen LogP contribution in [0.5, 0.6) is 5.75 Å². The van der Waals surface area contributed by atoms with Crippen molar-refractivity contribution in [3.8, 4) is 5.75 Å². The van der Waals surface area contributed by atoms with E-state index in [0.717, 1.165) is 22.2 Å². The maximum absolute atomic E-state index is 12.0. The number of guanidine groups is 1. The van der Waals surface area contributed by atoms with Crippen LogP contribution in [0, 0.1) is 0 Å². The van der Waals surface area contributed by atoms with Crippen LogP contribution in [0.1, 0.15) is 22.5 Å². The van der Waals surface area contributed by atoms with Crippen molar-refractivity contribution in [2.45, 2.75) is 25.6 Å². The highest BCUT2D eigenvalue weighted by Crippen LogP contribution is 2.25. The number of carbonyl (C=O) groups is 2. The summed E-state index contributed by atoms with van der Waals surface area (Å²) in [6, 6.07) is 5.90. The molecule has 0 aliphatic rings. The molecule has 11 nitrogen and oxygen atoms in total. The van der Waals surface area contributed by atoms with Crippen LogP contribution in [0.2, 0.25) is 0 Å². The molecule has 182 valence electrons. The number of nitrogens with one attached hydrogen (secondary N) is 1. The number of halogens is 4. The third-order valence-corrected chi connectivity index (χ3v) is 4.39. The van der Waals surface area contributed by atoms with Gasteiger partial charge in [0.2, 0.25) is 0 Å². The number of nitrogens with zero attached hydrogens (tertiary/aromatic N) is 4. The lowest BCUT2D eigenvalue weighted by atomic mass is 10.1. The number of hydrogen-bond donors (Lipinski definition) is 4. The minimum Gasteiger partial charge on any atom is -0.496 e. The summed E-state index contributed by atoms with van der Waals surface area (Å²) in [4.78, 5) is 24.8. The number of benzene rings is 1. The third kappa shape index (κ3) is 10.7. The highest BCUT2D eigenvalue weighted by Gasteiger charge is 2.38. The molecular formula is C18H23BrF3N7O4. The molecule has 1 aromatic heterocycles. The molecule has 0 fully saturated rings. The summed E-state index contributed by atoms with van der Waals surface area (Å²) in [5.41, 5.74) is 11.9. The number of aromatic nitrogens is 3. The predicted molar refractivity (Wildman–Crippen MR) is 116 cm³/mol. The van der Waals surface area contributed by atoms with Gasteiger partial charge in [0.15, 0.2) is 11.7 Å².